The van der Waals surface area contributed by atoms with Crippen LogP contribution in [0.4, 0.5) is 5.69 Å². The fraction of sp³-hybridized carbons (Fsp3) is 0.200. The summed E-state index contributed by atoms with van der Waals surface area (Å²) in [5, 5.41) is 28.4. The number of aliphatic hydroxyl groups is 1. The number of rotatable bonds is 3. The van der Waals surface area contributed by atoms with Crippen molar-refractivity contribution in [1.82, 2.24) is 0 Å². The summed E-state index contributed by atoms with van der Waals surface area (Å²) in [6.07, 6.45) is 0. The third kappa shape index (κ3) is 2.11. The van der Waals surface area contributed by atoms with Crippen LogP contribution >= 0.6 is 0 Å². The van der Waals surface area contributed by atoms with E-state index in [-0.39, 0.29) is 23.4 Å². The molecule has 0 saturated heterocycles. The van der Waals surface area contributed by atoms with Crippen molar-refractivity contribution in [3.8, 4) is 6.07 Å². The molecule has 0 aromatic heterocycles. The Hall–Kier alpha value is -1.93. The Kier molecular flexibility index (Phi) is 3.37. The first-order chi connectivity index (χ1) is 7.11. The fourth-order valence-corrected chi connectivity index (χ4v) is 1.28. The largest absolute Gasteiger partial charge is 0.396 e. The predicted molar refractivity (Wildman–Crippen MR) is 53.0 cm³/mol. The Bertz CT molecular complexity index is 423. The minimum absolute atomic E-state index is 0.0143. The molecule has 1 aromatic rings. The number of nitro benzene ring substituents is 1. The van der Waals surface area contributed by atoms with Gasteiger partial charge >= 0.3 is 0 Å². The van der Waals surface area contributed by atoms with Crippen molar-refractivity contribution in [2.24, 2.45) is 0 Å². The van der Waals surface area contributed by atoms with E-state index >= 15 is 0 Å². The third-order valence-electron chi connectivity index (χ3n) is 2.03. The molecule has 0 saturated carbocycles. The predicted octanol–water partition coefficient (Wildman–Crippen LogP) is 1.38. The zero-order chi connectivity index (χ0) is 11.4. The summed E-state index contributed by atoms with van der Waals surface area (Å²) in [7, 11) is 0. The van der Waals surface area contributed by atoms with Crippen molar-refractivity contribution >= 4 is 5.69 Å². The second-order valence-electron chi connectivity index (χ2n) is 2.99. The lowest BCUT2D eigenvalue weighted by molar-refractivity contribution is -0.386. The number of para-hydroxylation sites is 1. The van der Waals surface area contributed by atoms with Crippen molar-refractivity contribution in [1.29, 1.82) is 5.26 Å². The minimum Gasteiger partial charge on any atom is -0.396 e. The van der Waals surface area contributed by atoms with E-state index in [1.165, 1.54) is 18.2 Å². The zero-order valence-electron chi connectivity index (χ0n) is 7.88. The number of aliphatic hydroxyl groups excluding tert-OH is 1. The van der Waals surface area contributed by atoms with Gasteiger partial charge in [-0.2, -0.15) is 5.26 Å². The van der Waals surface area contributed by atoms with Gasteiger partial charge in [-0.3, -0.25) is 10.1 Å². The molecule has 0 spiro atoms. The second kappa shape index (κ2) is 4.53. The molecule has 77 valence electrons. The summed E-state index contributed by atoms with van der Waals surface area (Å²) < 4.78 is 0. The molecule has 1 rings (SSSR count). The van der Waals surface area contributed by atoms with Gasteiger partial charge in [0.2, 0.25) is 0 Å². The number of hydrogen-bond acceptors (Lipinski definition) is 4. The van der Waals surface area contributed by atoms with Gasteiger partial charge in [-0.05, 0) is 13.0 Å². The molecule has 15 heavy (non-hydrogen) atoms. The number of benzene rings is 1. The monoisotopic (exact) mass is 205 g/mol. The molecule has 0 amide bonds. The Morgan fingerprint density at radius 2 is 2.33 bits per heavy atom. The molecule has 0 aliphatic heterocycles. The Balaban J connectivity index is 3.40. The average molecular weight is 205 g/mol. The molecule has 1 atom stereocenters. The van der Waals surface area contributed by atoms with Crippen LogP contribution in [0.5, 0.6) is 0 Å². The summed E-state index contributed by atoms with van der Waals surface area (Å²) in [6, 6.07) is 6.14. The molecule has 0 bridgehead atoms. The Labute approximate surface area is 86.7 Å². The Morgan fingerprint density at radius 1 is 1.67 bits per heavy atom. The van der Waals surface area contributed by atoms with Crippen molar-refractivity contribution in [2.45, 2.75) is 5.92 Å². The van der Waals surface area contributed by atoms with Crippen LogP contribution in [-0.2, 0) is 0 Å². The summed E-state index contributed by atoms with van der Waals surface area (Å²) in [5.74, 6) is -0.598. The molecular weight excluding hydrogens is 196 g/mol. The van der Waals surface area contributed by atoms with Crippen LogP contribution in [0, 0.1) is 28.4 Å². The number of hydrogen-bond donors (Lipinski definition) is 1. The van der Waals surface area contributed by atoms with Gasteiger partial charge in [-0.1, -0.05) is 12.1 Å². The second-order valence-corrected chi connectivity index (χ2v) is 2.99. The minimum atomic E-state index is -0.623. The SMILES string of the molecule is [CH2]C(CO)c1cccc(C#N)c1[N+](=O)[O-]. The number of nitro groups is 1. The van der Waals surface area contributed by atoms with Gasteiger partial charge in [0.25, 0.3) is 5.69 Å². The van der Waals surface area contributed by atoms with Gasteiger partial charge in [-0.25, -0.2) is 0 Å². The highest BCUT2D eigenvalue weighted by molar-refractivity contribution is 5.55. The maximum absolute atomic E-state index is 10.8. The smallest absolute Gasteiger partial charge is 0.290 e. The lowest BCUT2D eigenvalue weighted by Gasteiger charge is -2.08. The fourth-order valence-electron chi connectivity index (χ4n) is 1.28. The molecular formula is C10H9N2O3. The van der Waals surface area contributed by atoms with E-state index in [1.54, 1.807) is 6.07 Å². The summed E-state index contributed by atoms with van der Waals surface area (Å²) in [6.45, 7) is 3.29. The molecule has 1 N–H and O–H groups in total. The van der Waals surface area contributed by atoms with Gasteiger partial charge in [0.1, 0.15) is 11.6 Å². The van der Waals surface area contributed by atoms with E-state index in [0.29, 0.717) is 0 Å². The summed E-state index contributed by atoms with van der Waals surface area (Å²) >= 11 is 0. The highest BCUT2D eigenvalue weighted by Gasteiger charge is 2.22. The summed E-state index contributed by atoms with van der Waals surface area (Å²) in [5.41, 5.74) is -0.00444. The lowest BCUT2D eigenvalue weighted by Crippen LogP contribution is -2.05. The van der Waals surface area contributed by atoms with Crippen LogP contribution in [0.2, 0.25) is 0 Å². The van der Waals surface area contributed by atoms with Crippen LogP contribution in [0.25, 0.3) is 0 Å². The highest BCUT2D eigenvalue weighted by Crippen LogP contribution is 2.28. The maximum atomic E-state index is 10.8. The topological polar surface area (TPSA) is 87.2 Å². The molecule has 0 aliphatic carbocycles. The van der Waals surface area contributed by atoms with Crippen LogP contribution in [0.3, 0.4) is 0 Å². The van der Waals surface area contributed by atoms with Crippen molar-refractivity contribution in [3.05, 3.63) is 46.4 Å². The van der Waals surface area contributed by atoms with E-state index in [9.17, 15) is 10.1 Å². The first-order valence-corrected chi connectivity index (χ1v) is 4.23. The van der Waals surface area contributed by atoms with Gasteiger partial charge in [0.05, 0.1) is 11.5 Å². The zero-order valence-corrected chi connectivity index (χ0v) is 7.88. The van der Waals surface area contributed by atoms with E-state index in [4.69, 9.17) is 10.4 Å². The standard InChI is InChI=1S/C10H9N2O3/c1-7(6-13)9-4-2-3-8(5-11)10(9)12(14)15/h2-4,7,13H,1,6H2. The van der Waals surface area contributed by atoms with Gasteiger partial charge in [-0.15, -0.1) is 0 Å². The van der Waals surface area contributed by atoms with Gasteiger partial charge < -0.3 is 5.11 Å². The lowest BCUT2D eigenvalue weighted by atomic mass is 9.97. The molecule has 1 radical (unpaired) electrons. The van der Waals surface area contributed by atoms with Crippen LogP contribution in [-0.4, -0.2) is 16.6 Å². The highest BCUT2D eigenvalue weighted by atomic mass is 16.6. The molecule has 1 aromatic carbocycles. The van der Waals surface area contributed by atoms with E-state index < -0.39 is 10.8 Å². The van der Waals surface area contributed by atoms with Crippen molar-refractivity contribution in [3.63, 3.8) is 0 Å². The van der Waals surface area contributed by atoms with Crippen LogP contribution in [0.1, 0.15) is 17.0 Å². The van der Waals surface area contributed by atoms with Gasteiger partial charge in [0, 0.05) is 11.5 Å². The van der Waals surface area contributed by atoms with E-state index in [2.05, 4.69) is 6.92 Å². The number of nitriles is 1. The molecule has 5 nitrogen and oxygen atoms in total. The van der Waals surface area contributed by atoms with E-state index in [1.807, 2.05) is 0 Å². The van der Waals surface area contributed by atoms with E-state index in [0.717, 1.165) is 0 Å². The normalized spacial score (nSPS) is 11.8. The summed E-state index contributed by atoms with van der Waals surface area (Å²) in [4.78, 5) is 10.1. The quantitative estimate of drug-likeness (QED) is 0.596. The first-order valence-electron chi connectivity index (χ1n) is 4.23. The molecule has 0 heterocycles. The molecule has 0 fully saturated rings. The average Bonchev–Trinajstić information content (AvgIpc) is 2.26. The van der Waals surface area contributed by atoms with Crippen LogP contribution in [0.15, 0.2) is 18.2 Å². The Morgan fingerprint density at radius 3 is 2.80 bits per heavy atom. The van der Waals surface area contributed by atoms with Crippen LogP contribution < -0.4 is 0 Å². The van der Waals surface area contributed by atoms with Crippen molar-refractivity contribution in [2.75, 3.05) is 6.61 Å². The molecule has 1 unspecified atom stereocenters. The third-order valence-corrected chi connectivity index (χ3v) is 2.03. The number of nitrogens with zero attached hydrogens (tertiary/aromatic N) is 2. The molecule has 5 heteroatoms. The van der Waals surface area contributed by atoms with Gasteiger partial charge in [0.15, 0.2) is 0 Å². The maximum Gasteiger partial charge on any atom is 0.290 e. The first kappa shape index (κ1) is 11.1. The van der Waals surface area contributed by atoms with Crippen molar-refractivity contribution < 1.29 is 10.0 Å². The molecule has 0 aliphatic rings.